The van der Waals surface area contributed by atoms with Crippen LogP contribution in [0.5, 0.6) is 5.75 Å². The van der Waals surface area contributed by atoms with Gasteiger partial charge in [-0.15, -0.1) is 0 Å². The number of pyridine rings is 1. The van der Waals surface area contributed by atoms with Crippen LogP contribution in [0.1, 0.15) is 39.3 Å². The first-order chi connectivity index (χ1) is 10.2. The fourth-order valence-electron chi connectivity index (χ4n) is 2.41. The number of esters is 1. The molecule has 5 nitrogen and oxygen atoms in total. The van der Waals surface area contributed by atoms with E-state index in [1.807, 2.05) is 19.1 Å². The van der Waals surface area contributed by atoms with Crippen molar-refractivity contribution in [3.63, 3.8) is 0 Å². The molecule has 0 radical (unpaired) electrons. The Kier molecular flexibility index (Phi) is 5.42. The van der Waals surface area contributed by atoms with Crippen LogP contribution in [0.15, 0.2) is 12.1 Å². The van der Waals surface area contributed by atoms with Crippen LogP contribution in [-0.4, -0.2) is 36.8 Å². The van der Waals surface area contributed by atoms with Crippen molar-refractivity contribution >= 4 is 11.8 Å². The minimum atomic E-state index is -0.174. The van der Waals surface area contributed by atoms with Gasteiger partial charge in [-0.1, -0.05) is 6.92 Å². The zero-order valence-corrected chi connectivity index (χ0v) is 13.1. The van der Waals surface area contributed by atoms with Gasteiger partial charge in [0, 0.05) is 18.2 Å². The molecule has 0 amide bonds. The highest BCUT2D eigenvalue weighted by Gasteiger charge is 2.23. The largest absolute Gasteiger partial charge is 0.488 e. The smallest absolute Gasteiger partial charge is 0.306 e. The number of aryl methyl sites for hydroxylation is 1. The van der Waals surface area contributed by atoms with Crippen LogP contribution < -0.4 is 9.64 Å². The molecule has 0 aliphatic carbocycles. The summed E-state index contributed by atoms with van der Waals surface area (Å²) in [6.07, 6.45) is 2.03. The van der Waals surface area contributed by atoms with Gasteiger partial charge in [0.2, 0.25) is 0 Å². The van der Waals surface area contributed by atoms with E-state index in [9.17, 15) is 4.79 Å². The zero-order chi connectivity index (χ0) is 15.2. The average molecular weight is 292 g/mol. The summed E-state index contributed by atoms with van der Waals surface area (Å²) < 4.78 is 10.6. The molecule has 0 saturated heterocycles. The summed E-state index contributed by atoms with van der Waals surface area (Å²) in [5.41, 5.74) is 0.903. The number of ether oxygens (including phenoxy) is 2. The van der Waals surface area contributed by atoms with Crippen molar-refractivity contribution in [3.8, 4) is 5.75 Å². The molecule has 5 heteroatoms. The minimum absolute atomic E-state index is 0.174. The van der Waals surface area contributed by atoms with Gasteiger partial charge in [0.25, 0.3) is 0 Å². The highest BCUT2D eigenvalue weighted by molar-refractivity contribution is 5.69. The number of carbonyl (C=O) groups excluding carboxylic acids is 1. The first kappa shape index (κ1) is 15.6. The predicted molar refractivity (Wildman–Crippen MR) is 81.8 cm³/mol. The molecule has 1 aromatic rings. The third kappa shape index (κ3) is 3.86. The third-order valence-electron chi connectivity index (χ3n) is 3.77. The molecular formula is C16H24N2O3. The fraction of sp³-hybridized carbons (Fsp3) is 0.625. The predicted octanol–water partition coefficient (Wildman–Crippen LogP) is 2.57. The lowest BCUT2D eigenvalue weighted by atomic mass is 10.1. The molecule has 1 aliphatic heterocycles. The Labute approximate surface area is 126 Å². The first-order valence-electron chi connectivity index (χ1n) is 7.70. The van der Waals surface area contributed by atoms with Crippen molar-refractivity contribution < 1.29 is 14.3 Å². The maximum absolute atomic E-state index is 11.4. The third-order valence-corrected chi connectivity index (χ3v) is 3.77. The van der Waals surface area contributed by atoms with Crippen LogP contribution in [0.4, 0.5) is 5.82 Å². The molecule has 1 aromatic heterocycles. The summed E-state index contributed by atoms with van der Waals surface area (Å²) in [7, 11) is 0. The molecule has 0 N–H and O–H groups in total. The van der Waals surface area contributed by atoms with Gasteiger partial charge < -0.3 is 14.4 Å². The minimum Gasteiger partial charge on any atom is -0.488 e. The highest BCUT2D eigenvalue weighted by atomic mass is 16.5. The quantitative estimate of drug-likeness (QED) is 0.754. The summed E-state index contributed by atoms with van der Waals surface area (Å²) in [5.74, 6) is 1.56. The van der Waals surface area contributed by atoms with E-state index >= 15 is 0 Å². The summed E-state index contributed by atoms with van der Waals surface area (Å²) in [6, 6.07) is 4.32. The molecule has 21 heavy (non-hydrogen) atoms. The van der Waals surface area contributed by atoms with Crippen LogP contribution in [0.25, 0.3) is 0 Å². The second-order valence-electron chi connectivity index (χ2n) is 5.23. The van der Waals surface area contributed by atoms with Gasteiger partial charge in [-0.3, -0.25) is 4.79 Å². The summed E-state index contributed by atoms with van der Waals surface area (Å²) in [5, 5.41) is 0. The van der Waals surface area contributed by atoms with E-state index in [-0.39, 0.29) is 5.97 Å². The van der Waals surface area contributed by atoms with Crippen molar-refractivity contribution in [1.82, 2.24) is 4.98 Å². The number of hydrogen-bond donors (Lipinski definition) is 0. The highest BCUT2D eigenvalue weighted by Crippen LogP contribution is 2.31. The molecule has 2 heterocycles. The standard InChI is InChI=1S/C16H24N2O3/c1-4-12(3)18-10-11-21-14-8-6-13(17-16(14)18)7-9-15(19)20-5-2/h6,8,12H,4-5,7,9-11H2,1-3H3. The lowest BCUT2D eigenvalue weighted by molar-refractivity contribution is -0.143. The molecule has 0 saturated carbocycles. The van der Waals surface area contributed by atoms with Gasteiger partial charge in [-0.05, 0) is 32.4 Å². The lowest BCUT2D eigenvalue weighted by Crippen LogP contribution is -2.40. The Hall–Kier alpha value is -1.78. The van der Waals surface area contributed by atoms with Gasteiger partial charge in [0.05, 0.1) is 19.6 Å². The first-order valence-corrected chi connectivity index (χ1v) is 7.70. The molecule has 1 atom stereocenters. The van der Waals surface area contributed by atoms with E-state index in [4.69, 9.17) is 9.47 Å². The van der Waals surface area contributed by atoms with Crippen LogP contribution in [0.2, 0.25) is 0 Å². The van der Waals surface area contributed by atoms with Gasteiger partial charge in [0.1, 0.15) is 6.61 Å². The van der Waals surface area contributed by atoms with Crippen LogP contribution in [0.3, 0.4) is 0 Å². The van der Waals surface area contributed by atoms with Gasteiger partial charge in [0.15, 0.2) is 11.6 Å². The average Bonchev–Trinajstić information content (AvgIpc) is 2.51. The second kappa shape index (κ2) is 7.29. The van der Waals surface area contributed by atoms with Crippen molar-refractivity contribution in [3.05, 3.63) is 17.8 Å². The molecular weight excluding hydrogens is 268 g/mol. The SMILES string of the molecule is CCOC(=O)CCc1ccc2c(n1)N(C(C)CC)CCO2. The molecule has 0 spiro atoms. The van der Waals surface area contributed by atoms with Crippen molar-refractivity contribution in [2.24, 2.45) is 0 Å². The second-order valence-corrected chi connectivity index (χ2v) is 5.23. The maximum Gasteiger partial charge on any atom is 0.306 e. The molecule has 116 valence electrons. The van der Waals surface area contributed by atoms with E-state index in [0.29, 0.717) is 32.1 Å². The summed E-state index contributed by atoms with van der Waals surface area (Å²) in [4.78, 5) is 18.4. The van der Waals surface area contributed by atoms with E-state index in [1.54, 1.807) is 0 Å². The molecule has 2 rings (SSSR count). The van der Waals surface area contributed by atoms with E-state index in [2.05, 4.69) is 23.7 Å². The van der Waals surface area contributed by atoms with E-state index < -0.39 is 0 Å². The van der Waals surface area contributed by atoms with Gasteiger partial charge in [-0.2, -0.15) is 0 Å². The molecule has 1 aliphatic rings. The van der Waals surface area contributed by atoms with Crippen molar-refractivity contribution in [2.45, 2.75) is 46.1 Å². The van der Waals surface area contributed by atoms with Gasteiger partial charge in [-0.25, -0.2) is 4.98 Å². The Morgan fingerprint density at radius 3 is 3.00 bits per heavy atom. The topological polar surface area (TPSA) is 51.7 Å². The van der Waals surface area contributed by atoms with Crippen LogP contribution in [0, 0.1) is 0 Å². The normalized spacial score (nSPS) is 15.1. The lowest BCUT2D eigenvalue weighted by Gasteiger charge is -2.34. The monoisotopic (exact) mass is 292 g/mol. The molecule has 1 unspecified atom stereocenters. The number of fused-ring (bicyclic) bond motifs is 1. The van der Waals surface area contributed by atoms with E-state index in [1.165, 1.54) is 0 Å². The number of nitrogens with zero attached hydrogens (tertiary/aromatic N) is 2. The Morgan fingerprint density at radius 1 is 1.48 bits per heavy atom. The van der Waals surface area contributed by atoms with E-state index in [0.717, 1.165) is 30.2 Å². The molecule has 0 fully saturated rings. The maximum atomic E-state index is 11.4. The fourth-order valence-corrected chi connectivity index (χ4v) is 2.41. The number of hydrogen-bond acceptors (Lipinski definition) is 5. The number of anilines is 1. The Morgan fingerprint density at radius 2 is 2.29 bits per heavy atom. The number of carbonyl (C=O) groups is 1. The zero-order valence-electron chi connectivity index (χ0n) is 13.1. The molecule has 0 aromatic carbocycles. The van der Waals surface area contributed by atoms with Crippen molar-refractivity contribution in [1.29, 1.82) is 0 Å². The van der Waals surface area contributed by atoms with Gasteiger partial charge >= 0.3 is 5.97 Å². The van der Waals surface area contributed by atoms with Crippen molar-refractivity contribution in [2.75, 3.05) is 24.7 Å². The summed E-state index contributed by atoms with van der Waals surface area (Å²) >= 11 is 0. The van der Waals surface area contributed by atoms with Crippen LogP contribution in [-0.2, 0) is 16.0 Å². The van der Waals surface area contributed by atoms with Crippen LogP contribution >= 0.6 is 0 Å². The molecule has 0 bridgehead atoms. The summed E-state index contributed by atoms with van der Waals surface area (Å²) in [6.45, 7) is 8.16. The Balaban J connectivity index is 2.10. The number of aromatic nitrogens is 1. The Bertz CT molecular complexity index is 490. The number of rotatable bonds is 6.